The molecule has 232 valence electrons. The smallest absolute Gasteiger partial charge is 0.244 e. The summed E-state index contributed by atoms with van der Waals surface area (Å²) in [6.07, 6.45) is 1.85. The Morgan fingerprint density at radius 1 is 0.930 bits per heavy atom. The van der Waals surface area contributed by atoms with Crippen molar-refractivity contribution in [2.75, 3.05) is 31.3 Å². The van der Waals surface area contributed by atoms with E-state index in [-0.39, 0.29) is 36.4 Å². The van der Waals surface area contributed by atoms with Crippen LogP contribution < -0.4 is 19.1 Å². The minimum atomic E-state index is -3.97. The van der Waals surface area contributed by atoms with Gasteiger partial charge in [0.1, 0.15) is 12.6 Å². The summed E-state index contributed by atoms with van der Waals surface area (Å²) in [5, 5.41) is 3.60. The molecule has 0 aliphatic rings. The third-order valence-corrected chi connectivity index (χ3v) is 8.85. The quantitative estimate of drug-likeness (QED) is 0.253. The molecule has 0 saturated carbocycles. The maximum Gasteiger partial charge on any atom is 0.244 e. The number of carbonyl (C=O) groups excluding carboxylic acids is 2. The van der Waals surface area contributed by atoms with E-state index in [0.717, 1.165) is 16.1 Å². The van der Waals surface area contributed by atoms with Gasteiger partial charge in [0, 0.05) is 40.7 Å². The van der Waals surface area contributed by atoms with Crippen LogP contribution in [0.5, 0.6) is 11.5 Å². The molecule has 0 unspecified atom stereocenters. The lowest BCUT2D eigenvalue weighted by Gasteiger charge is -2.34. The van der Waals surface area contributed by atoms with Gasteiger partial charge in [-0.25, -0.2) is 8.42 Å². The number of rotatable bonds is 14. The second kappa shape index (κ2) is 15.3. The van der Waals surface area contributed by atoms with Crippen LogP contribution in [-0.2, 0) is 32.6 Å². The molecule has 43 heavy (non-hydrogen) atoms. The van der Waals surface area contributed by atoms with Crippen molar-refractivity contribution in [3.63, 3.8) is 0 Å². The van der Waals surface area contributed by atoms with Crippen LogP contribution in [0.1, 0.15) is 31.4 Å². The van der Waals surface area contributed by atoms with E-state index in [2.05, 4.69) is 5.32 Å². The second-order valence-electron chi connectivity index (χ2n) is 10.1. The van der Waals surface area contributed by atoms with Crippen molar-refractivity contribution >= 4 is 50.7 Å². The lowest BCUT2D eigenvalue weighted by Crippen LogP contribution is -2.54. The second-order valence-corrected chi connectivity index (χ2v) is 12.8. The Balaban J connectivity index is 2.13. The predicted molar refractivity (Wildman–Crippen MR) is 171 cm³/mol. The van der Waals surface area contributed by atoms with E-state index in [1.165, 1.54) is 31.3 Å². The number of methoxy groups -OCH3 is 2. The lowest BCUT2D eigenvalue weighted by atomic mass is 10.0. The van der Waals surface area contributed by atoms with E-state index >= 15 is 0 Å². The summed E-state index contributed by atoms with van der Waals surface area (Å²) in [7, 11) is -1.08. The highest BCUT2D eigenvalue weighted by Gasteiger charge is 2.34. The third-order valence-electron chi connectivity index (χ3n) is 7.00. The molecule has 0 radical (unpaired) electrons. The topological polar surface area (TPSA) is 105 Å². The van der Waals surface area contributed by atoms with Crippen LogP contribution in [-0.4, -0.2) is 64.2 Å². The normalized spacial score (nSPS) is 12.6. The van der Waals surface area contributed by atoms with Gasteiger partial charge in [0.15, 0.2) is 11.5 Å². The Morgan fingerprint density at radius 3 is 2.12 bits per heavy atom. The fourth-order valence-corrected chi connectivity index (χ4v) is 5.80. The third kappa shape index (κ3) is 9.01. The van der Waals surface area contributed by atoms with E-state index < -0.39 is 28.5 Å². The van der Waals surface area contributed by atoms with Gasteiger partial charge >= 0.3 is 0 Å². The number of sulfonamides is 1. The molecule has 3 rings (SSSR count). The maximum atomic E-state index is 14.3. The number of halogens is 2. The zero-order chi connectivity index (χ0) is 31.7. The number of carbonyl (C=O) groups is 2. The number of amides is 2. The van der Waals surface area contributed by atoms with Crippen molar-refractivity contribution in [2.45, 2.75) is 45.3 Å². The van der Waals surface area contributed by atoms with Crippen LogP contribution in [0.2, 0.25) is 10.0 Å². The van der Waals surface area contributed by atoms with Gasteiger partial charge in [-0.1, -0.05) is 66.5 Å². The number of hydrogen-bond donors (Lipinski definition) is 1. The molecular formula is C31H37Cl2N3O6S. The molecule has 9 nitrogen and oxygen atoms in total. The Morgan fingerprint density at radius 2 is 1.56 bits per heavy atom. The van der Waals surface area contributed by atoms with Crippen molar-refractivity contribution in [3.05, 3.63) is 87.9 Å². The number of ether oxygens (including phenoxy) is 2. The zero-order valence-electron chi connectivity index (χ0n) is 24.8. The van der Waals surface area contributed by atoms with E-state index in [4.69, 9.17) is 32.7 Å². The highest BCUT2D eigenvalue weighted by molar-refractivity contribution is 7.92. The van der Waals surface area contributed by atoms with Gasteiger partial charge in [-0.3, -0.25) is 13.9 Å². The Hall–Kier alpha value is -3.47. The first-order chi connectivity index (χ1) is 20.4. The predicted octanol–water partition coefficient (Wildman–Crippen LogP) is 5.33. The summed E-state index contributed by atoms with van der Waals surface area (Å²) in [6.45, 7) is 3.08. The number of hydrogen-bond acceptors (Lipinski definition) is 6. The first-order valence-electron chi connectivity index (χ1n) is 13.7. The molecule has 3 aromatic rings. The minimum Gasteiger partial charge on any atom is -0.493 e. The monoisotopic (exact) mass is 649 g/mol. The minimum absolute atomic E-state index is 0.133. The fraction of sp³-hybridized carbons (Fsp3) is 0.355. The molecule has 0 heterocycles. The summed E-state index contributed by atoms with van der Waals surface area (Å²) < 4.78 is 37.7. The largest absolute Gasteiger partial charge is 0.493 e. The average Bonchev–Trinajstić information content (AvgIpc) is 2.98. The molecule has 0 spiro atoms. The molecule has 0 aromatic heterocycles. The maximum absolute atomic E-state index is 14.3. The van der Waals surface area contributed by atoms with Crippen LogP contribution in [0, 0.1) is 0 Å². The van der Waals surface area contributed by atoms with Crippen LogP contribution >= 0.6 is 23.2 Å². The standard InChI is InChI=1S/C31H37Cl2N3O6S/c1-6-21(2)34-31(38)27(17-22-11-8-7-9-12-22)35(19-24-25(32)13-10-14-26(24)33)30(37)20-36(43(5,39)40)23-15-16-28(41-3)29(18-23)42-4/h7-16,18,21,27H,6,17,19-20H2,1-5H3,(H,34,38)/t21-,27-/m0/s1. The van der Waals surface area contributed by atoms with Gasteiger partial charge in [0.25, 0.3) is 0 Å². The zero-order valence-corrected chi connectivity index (χ0v) is 27.2. The lowest BCUT2D eigenvalue weighted by molar-refractivity contribution is -0.140. The molecule has 0 fully saturated rings. The van der Waals surface area contributed by atoms with Crippen molar-refractivity contribution in [3.8, 4) is 11.5 Å². The highest BCUT2D eigenvalue weighted by Crippen LogP contribution is 2.33. The van der Waals surface area contributed by atoms with Gasteiger partial charge in [0.2, 0.25) is 21.8 Å². The van der Waals surface area contributed by atoms with Gasteiger partial charge in [0.05, 0.1) is 26.2 Å². The Bertz CT molecular complexity index is 1500. The molecule has 2 atom stereocenters. The molecular weight excluding hydrogens is 613 g/mol. The first-order valence-corrected chi connectivity index (χ1v) is 16.3. The number of nitrogens with one attached hydrogen (secondary N) is 1. The van der Waals surface area contributed by atoms with Gasteiger partial charge in [-0.2, -0.15) is 0 Å². The highest BCUT2D eigenvalue weighted by atomic mass is 35.5. The van der Waals surface area contributed by atoms with Gasteiger partial charge in [-0.05, 0) is 43.2 Å². The van der Waals surface area contributed by atoms with Crippen molar-refractivity contribution in [1.29, 1.82) is 0 Å². The molecule has 1 N–H and O–H groups in total. The summed E-state index contributed by atoms with van der Waals surface area (Å²) in [5.41, 5.74) is 1.44. The van der Waals surface area contributed by atoms with E-state index in [0.29, 0.717) is 27.8 Å². The van der Waals surface area contributed by atoms with Crippen molar-refractivity contribution in [2.24, 2.45) is 0 Å². The fourth-order valence-electron chi connectivity index (χ4n) is 4.44. The summed E-state index contributed by atoms with van der Waals surface area (Å²) in [5.74, 6) is -0.329. The summed E-state index contributed by atoms with van der Waals surface area (Å²) in [6, 6.07) is 17.6. The average molecular weight is 651 g/mol. The Kier molecular flexibility index (Phi) is 12.1. The molecule has 0 aliphatic carbocycles. The SMILES string of the molecule is CC[C@H](C)NC(=O)[C@H](Cc1ccccc1)N(Cc1c(Cl)cccc1Cl)C(=O)CN(c1ccc(OC)c(OC)c1)S(C)(=O)=O. The number of nitrogens with zero attached hydrogens (tertiary/aromatic N) is 2. The summed E-state index contributed by atoms with van der Waals surface area (Å²) >= 11 is 13.0. The molecule has 12 heteroatoms. The molecule has 2 amide bonds. The van der Waals surface area contributed by atoms with Crippen molar-refractivity contribution < 1.29 is 27.5 Å². The van der Waals surface area contributed by atoms with Crippen molar-refractivity contribution in [1.82, 2.24) is 10.2 Å². The first kappa shape index (κ1) is 34.0. The van der Waals surface area contributed by atoms with E-state index in [9.17, 15) is 18.0 Å². The molecule has 0 aliphatic heterocycles. The van der Waals surface area contributed by atoms with Gasteiger partial charge < -0.3 is 19.7 Å². The van der Waals surface area contributed by atoms with Crippen LogP contribution in [0.25, 0.3) is 0 Å². The Labute approximate surface area is 263 Å². The summed E-state index contributed by atoms with van der Waals surface area (Å²) in [4.78, 5) is 29.4. The van der Waals surface area contributed by atoms with Crippen LogP contribution in [0.4, 0.5) is 5.69 Å². The number of anilines is 1. The van der Waals surface area contributed by atoms with Gasteiger partial charge in [-0.15, -0.1) is 0 Å². The van der Waals surface area contributed by atoms with E-state index in [1.54, 1.807) is 24.3 Å². The van der Waals surface area contributed by atoms with E-state index in [1.807, 2.05) is 44.2 Å². The molecule has 3 aromatic carbocycles. The molecule has 0 bridgehead atoms. The molecule has 0 saturated heterocycles. The van der Waals surface area contributed by atoms with Crippen LogP contribution in [0.3, 0.4) is 0 Å². The van der Waals surface area contributed by atoms with Crippen LogP contribution in [0.15, 0.2) is 66.7 Å². The number of benzene rings is 3.